The summed E-state index contributed by atoms with van der Waals surface area (Å²) in [7, 11) is 0. The Morgan fingerprint density at radius 3 is 2.75 bits per heavy atom. The maximum atomic E-state index is 13.3. The lowest BCUT2D eigenvalue weighted by atomic mass is 10.1. The van der Waals surface area contributed by atoms with E-state index in [1.54, 1.807) is 18.2 Å². The van der Waals surface area contributed by atoms with Gasteiger partial charge in [0.25, 0.3) is 0 Å². The van der Waals surface area contributed by atoms with E-state index in [9.17, 15) is 4.39 Å². The highest BCUT2D eigenvalue weighted by Gasteiger charge is 2.09. The van der Waals surface area contributed by atoms with Crippen molar-refractivity contribution in [3.63, 3.8) is 0 Å². The van der Waals surface area contributed by atoms with Crippen molar-refractivity contribution in [2.45, 2.75) is 13.5 Å². The Labute approximate surface area is 127 Å². The van der Waals surface area contributed by atoms with Crippen LogP contribution in [0, 0.1) is 12.7 Å². The first kappa shape index (κ1) is 14.8. The van der Waals surface area contributed by atoms with Crippen LogP contribution < -0.4 is 10.5 Å². The molecule has 0 aliphatic rings. The van der Waals surface area contributed by atoms with Crippen LogP contribution in [0.5, 0.6) is 5.75 Å². The van der Waals surface area contributed by atoms with E-state index < -0.39 is 0 Å². The maximum absolute atomic E-state index is 13.3. The van der Waals surface area contributed by atoms with E-state index in [-0.39, 0.29) is 17.4 Å². The molecule has 2 nitrogen and oxygen atoms in total. The maximum Gasteiger partial charge on any atom is 0.124 e. The molecule has 0 spiro atoms. The predicted octanol–water partition coefficient (Wildman–Crippen LogP) is 4.00. The van der Waals surface area contributed by atoms with Crippen molar-refractivity contribution in [2.24, 2.45) is 5.73 Å². The van der Waals surface area contributed by atoms with Gasteiger partial charge >= 0.3 is 0 Å². The van der Waals surface area contributed by atoms with Gasteiger partial charge in [-0.25, -0.2) is 4.39 Å². The van der Waals surface area contributed by atoms with E-state index in [4.69, 9.17) is 34.3 Å². The van der Waals surface area contributed by atoms with E-state index in [1.165, 1.54) is 12.1 Å². The second-order valence-electron chi connectivity index (χ2n) is 4.36. The third-order valence-electron chi connectivity index (χ3n) is 2.87. The van der Waals surface area contributed by atoms with Crippen LogP contribution in [0.1, 0.15) is 16.7 Å². The van der Waals surface area contributed by atoms with Gasteiger partial charge in [-0.2, -0.15) is 0 Å². The fourth-order valence-corrected chi connectivity index (χ4v) is 2.17. The Bertz CT molecular complexity index is 660. The van der Waals surface area contributed by atoms with Gasteiger partial charge in [0, 0.05) is 16.1 Å². The summed E-state index contributed by atoms with van der Waals surface area (Å²) in [4.78, 5) is 0.214. The first-order chi connectivity index (χ1) is 9.47. The van der Waals surface area contributed by atoms with Crippen LogP contribution in [-0.4, -0.2) is 4.99 Å². The SMILES string of the molecule is Cc1ccc(Cl)cc1OCc1cc(F)ccc1C(N)=S. The lowest BCUT2D eigenvalue weighted by Crippen LogP contribution is -2.14. The summed E-state index contributed by atoms with van der Waals surface area (Å²) in [5.74, 6) is 0.294. The number of benzene rings is 2. The van der Waals surface area contributed by atoms with E-state index in [0.29, 0.717) is 21.9 Å². The zero-order chi connectivity index (χ0) is 14.7. The molecule has 0 aliphatic carbocycles. The molecule has 0 saturated carbocycles. The second-order valence-corrected chi connectivity index (χ2v) is 5.24. The van der Waals surface area contributed by atoms with Crippen molar-refractivity contribution < 1.29 is 9.13 Å². The Kier molecular flexibility index (Phi) is 4.57. The van der Waals surface area contributed by atoms with E-state index >= 15 is 0 Å². The number of halogens is 2. The minimum atomic E-state index is -0.355. The molecule has 0 unspecified atom stereocenters. The van der Waals surface area contributed by atoms with Crippen LogP contribution >= 0.6 is 23.8 Å². The van der Waals surface area contributed by atoms with Gasteiger partial charge in [0.15, 0.2) is 0 Å². The number of nitrogens with two attached hydrogens (primary N) is 1. The largest absolute Gasteiger partial charge is 0.489 e. The molecule has 2 aromatic carbocycles. The van der Waals surface area contributed by atoms with Gasteiger partial charge in [0.2, 0.25) is 0 Å². The number of ether oxygens (including phenoxy) is 1. The summed E-state index contributed by atoms with van der Waals surface area (Å²) in [5, 5.41) is 0.583. The lowest BCUT2D eigenvalue weighted by Gasteiger charge is -2.12. The van der Waals surface area contributed by atoms with Gasteiger partial charge in [-0.3, -0.25) is 0 Å². The molecule has 5 heteroatoms. The summed E-state index contributed by atoms with van der Waals surface area (Å²) >= 11 is 10.9. The Balaban J connectivity index is 2.24. The number of hydrogen-bond acceptors (Lipinski definition) is 2. The van der Waals surface area contributed by atoms with Gasteiger partial charge in [-0.15, -0.1) is 0 Å². The van der Waals surface area contributed by atoms with Gasteiger partial charge in [-0.05, 0) is 42.8 Å². The van der Waals surface area contributed by atoms with Crippen molar-refractivity contribution in [2.75, 3.05) is 0 Å². The van der Waals surface area contributed by atoms with Crippen LogP contribution in [0.25, 0.3) is 0 Å². The smallest absolute Gasteiger partial charge is 0.124 e. The van der Waals surface area contributed by atoms with Crippen molar-refractivity contribution in [1.29, 1.82) is 0 Å². The van der Waals surface area contributed by atoms with Crippen molar-refractivity contribution >= 4 is 28.8 Å². The summed E-state index contributed by atoms with van der Waals surface area (Å²) < 4.78 is 19.0. The molecule has 0 saturated heterocycles. The van der Waals surface area contributed by atoms with Crippen LogP contribution in [0.4, 0.5) is 4.39 Å². The number of thiocarbonyl (C=S) groups is 1. The van der Waals surface area contributed by atoms with Crippen molar-refractivity contribution in [3.8, 4) is 5.75 Å². The molecule has 0 fully saturated rings. The monoisotopic (exact) mass is 309 g/mol. The minimum absolute atomic E-state index is 0.172. The summed E-state index contributed by atoms with van der Waals surface area (Å²) in [6.07, 6.45) is 0. The first-order valence-electron chi connectivity index (χ1n) is 5.94. The molecule has 20 heavy (non-hydrogen) atoms. The average molecular weight is 310 g/mol. The van der Waals surface area contributed by atoms with Gasteiger partial charge in [-0.1, -0.05) is 29.9 Å². The molecule has 2 N–H and O–H groups in total. The number of hydrogen-bond donors (Lipinski definition) is 1. The van der Waals surface area contributed by atoms with Gasteiger partial charge < -0.3 is 10.5 Å². The molecular formula is C15H13ClFNOS. The van der Waals surface area contributed by atoms with Crippen LogP contribution in [0.3, 0.4) is 0 Å². The molecule has 0 amide bonds. The lowest BCUT2D eigenvalue weighted by molar-refractivity contribution is 0.303. The zero-order valence-corrected chi connectivity index (χ0v) is 12.4. The fraction of sp³-hybridized carbons (Fsp3) is 0.133. The predicted molar refractivity (Wildman–Crippen MR) is 82.8 cm³/mol. The topological polar surface area (TPSA) is 35.2 Å². The van der Waals surface area contributed by atoms with Crippen molar-refractivity contribution in [3.05, 3.63) is 63.9 Å². The highest BCUT2D eigenvalue weighted by Crippen LogP contribution is 2.24. The van der Waals surface area contributed by atoms with Gasteiger partial charge in [0.05, 0.1) is 0 Å². The first-order valence-corrected chi connectivity index (χ1v) is 6.73. The molecule has 0 aliphatic heterocycles. The molecule has 0 radical (unpaired) electrons. The van der Waals surface area contributed by atoms with Crippen LogP contribution in [0.2, 0.25) is 5.02 Å². The number of rotatable bonds is 4. The molecular weight excluding hydrogens is 297 g/mol. The molecule has 2 rings (SSSR count). The Morgan fingerprint density at radius 2 is 2.05 bits per heavy atom. The highest BCUT2D eigenvalue weighted by molar-refractivity contribution is 7.80. The molecule has 0 aromatic heterocycles. The standard InChI is InChI=1S/C15H13ClFNOS/c1-9-2-3-11(16)7-14(9)19-8-10-6-12(17)4-5-13(10)15(18)20/h2-7H,8H2,1H3,(H2,18,20). The Hall–Kier alpha value is -1.65. The van der Waals surface area contributed by atoms with E-state index in [1.807, 2.05) is 13.0 Å². The van der Waals surface area contributed by atoms with E-state index in [2.05, 4.69) is 0 Å². The normalized spacial score (nSPS) is 10.3. The Morgan fingerprint density at radius 1 is 1.30 bits per heavy atom. The molecule has 104 valence electrons. The second kappa shape index (κ2) is 6.20. The molecule has 2 aromatic rings. The zero-order valence-electron chi connectivity index (χ0n) is 10.8. The van der Waals surface area contributed by atoms with Crippen LogP contribution in [-0.2, 0) is 6.61 Å². The molecule has 0 heterocycles. The summed E-state index contributed by atoms with van der Waals surface area (Å²) in [6.45, 7) is 2.08. The van der Waals surface area contributed by atoms with Gasteiger partial charge in [0.1, 0.15) is 23.2 Å². The molecule has 0 bridgehead atoms. The molecule has 0 atom stereocenters. The number of aryl methyl sites for hydroxylation is 1. The summed E-state index contributed by atoms with van der Waals surface area (Å²) in [6, 6.07) is 9.61. The minimum Gasteiger partial charge on any atom is -0.489 e. The highest BCUT2D eigenvalue weighted by atomic mass is 35.5. The third kappa shape index (κ3) is 3.46. The fourth-order valence-electron chi connectivity index (χ4n) is 1.81. The van der Waals surface area contributed by atoms with Crippen LogP contribution in [0.15, 0.2) is 36.4 Å². The third-order valence-corrected chi connectivity index (χ3v) is 3.32. The van der Waals surface area contributed by atoms with Crippen molar-refractivity contribution in [1.82, 2.24) is 0 Å². The quantitative estimate of drug-likeness (QED) is 0.867. The summed E-state index contributed by atoms with van der Waals surface area (Å²) in [5.41, 5.74) is 7.79. The van der Waals surface area contributed by atoms with E-state index in [0.717, 1.165) is 5.56 Å². The average Bonchev–Trinajstić information content (AvgIpc) is 2.39.